The number of likely N-dealkylation sites (N-methyl/N-ethyl adjacent to an activating group) is 1. The molecular formula is C17H24N2O. The third-order valence-electron chi connectivity index (χ3n) is 3.67. The first kappa shape index (κ1) is 14.7. The van der Waals surface area contributed by atoms with Gasteiger partial charge in [-0.15, -0.1) is 0 Å². The Kier molecular flexibility index (Phi) is 4.85. The number of furan rings is 1. The molecule has 0 radical (unpaired) electrons. The molecule has 0 amide bonds. The van der Waals surface area contributed by atoms with Crippen LogP contribution in [0.3, 0.4) is 0 Å². The molecule has 0 saturated heterocycles. The Hall–Kier alpha value is -1.74. The van der Waals surface area contributed by atoms with Gasteiger partial charge in [0.1, 0.15) is 11.5 Å². The van der Waals surface area contributed by atoms with Crippen LogP contribution in [-0.2, 0) is 6.42 Å². The SMILES string of the molecule is CCc1ccc(C(CN)N(CC)c2ccc(C)cc2)o1. The maximum atomic E-state index is 6.00. The molecule has 1 aromatic heterocycles. The van der Waals surface area contributed by atoms with Crippen LogP contribution in [-0.4, -0.2) is 13.1 Å². The largest absolute Gasteiger partial charge is 0.464 e. The van der Waals surface area contributed by atoms with Gasteiger partial charge in [-0.2, -0.15) is 0 Å². The molecule has 3 nitrogen and oxygen atoms in total. The number of rotatable bonds is 6. The number of nitrogens with two attached hydrogens (primary N) is 1. The third kappa shape index (κ3) is 3.05. The second-order valence-corrected chi connectivity index (χ2v) is 5.03. The fourth-order valence-corrected chi connectivity index (χ4v) is 2.48. The van der Waals surface area contributed by atoms with Crippen molar-refractivity contribution in [2.24, 2.45) is 5.73 Å². The molecule has 0 aliphatic heterocycles. The van der Waals surface area contributed by atoms with E-state index >= 15 is 0 Å². The molecule has 20 heavy (non-hydrogen) atoms. The van der Waals surface area contributed by atoms with E-state index < -0.39 is 0 Å². The molecule has 0 aliphatic carbocycles. The Morgan fingerprint density at radius 1 is 1.10 bits per heavy atom. The van der Waals surface area contributed by atoms with Gasteiger partial charge in [0, 0.05) is 25.2 Å². The average Bonchev–Trinajstić information content (AvgIpc) is 2.94. The molecule has 1 aromatic carbocycles. The Morgan fingerprint density at radius 3 is 2.30 bits per heavy atom. The van der Waals surface area contributed by atoms with Crippen LogP contribution in [0.25, 0.3) is 0 Å². The van der Waals surface area contributed by atoms with E-state index in [9.17, 15) is 0 Å². The molecule has 3 heteroatoms. The van der Waals surface area contributed by atoms with E-state index in [1.165, 1.54) is 11.3 Å². The molecule has 2 rings (SSSR count). The zero-order valence-corrected chi connectivity index (χ0v) is 12.6. The molecule has 0 spiro atoms. The van der Waals surface area contributed by atoms with Crippen molar-refractivity contribution in [3.8, 4) is 0 Å². The summed E-state index contributed by atoms with van der Waals surface area (Å²) in [6.07, 6.45) is 0.911. The van der Waals surface area contributed by atoms with Crippen LogP contribution < -0.4 is 10.6 Å². The fraction of sp³-hybridized carbons (Fsp3) is 0.412. The summed E-state index contributed by atoms with van der Waals surface area (Å²) in [4.78, 5) is 2.29. The van der Waals surface area contributed by atoms with E-state index in [0.29, 0.717) is 6.54 Å². The molecule has 108 valence electrons. The number of anilines is 1. The molecule has 1 heterocycles. The predicted octanol–water partition coefficient (Wildman–Crippen LogP) is 3.68. The monoisotopic (exact) mass is 272 g/mol. The first-order valence-corrected chi connectivity index (χ1v) is 7.31. The van der Waals surface area contributed by atoms with Crippen LogP contribution in [0.2, 0.25) is 0 Å². The van der Waals surface area contributed by atoms with Gasteiger partial charge in [0.15, 0.2) is 0 Å². The summed E-state index contributed by atoms with van der Waals surface area (Å²) in [7, 11) is 0. The highest BCUT2D eigenvalue weighted by molar-refractivity contribution is 5.49. The van der Waals surface area contributed by atoms with Gasteiger partial charge >= 0.3 is 0 Å². The van der Waals surface area contributed by atoms with Crippen LogP contribution in [0, 0.1) is 6.92 Å². The van der Waals surface area contributed by atoms with E-state index in [1.807, 2.05) is 12.1 Å². The summed E-state index contributed by atoms with van der Waals surface area (Å²) < 4.78 is 5.89. The lowest BCUT2D eigenvalue weighted by Crippen LogP contribution is -2.33. The van der Waals surface area contributed by atoms with Crippen LogP contribution in [0.1, 0.15) is 37.0 Å². The van der Waals surface area contributed by atoms with Gasteiger partial charge in [-0.3, -0.25) is 0 Å². The summed E-state index contributed by atoms with van der Waals surface area (Å²) in [5.41, 5.74) is 8.45. The maximum Gasteiger partial charge on any atom is 0.127 e. The Morgan fingerprint density at radius 2 is 1.80 bits per heavy atom. The van der Waals surface area contributed by atoms with Crippen molar-refractivity contribution in [1.29, 1.82) is 0 Å². The number of benzene rings is 1. The summed E-state index contributed by atoms with van der Waals surface area (Å²) in [5.74, 6) is 1.96. The van der Waals surface area contributed by atoms with E-state index in [0.717, 1.165) is 24.5 Å². The quantitative estimate of drug-likeness (QED) is 0.872. The van der Waals surface area contributed by atoms with Crippen molar-refractivity contribution < 1.29 is 4.42 Å². The highest BCUT2D eigenvalue weighted by atomic mass is 16.3. The summed E-state index contributed by atoms with van der Waals surface area (Å²) in [6, 6.07) is 12.7. The van der Waals surface area contributed by atoms with Gasteiger partial charge in [0.25, 0.3) is 0 Å². The predicted molar refractivity (Wildman–Crippen MR) is 84.1 cm³/mol. The fourth-order valence-electron chi connectivity index (χ4n) is 2.48. The minimum Gasteiger partial charge on any atom is -0.464 e. The Balaban J connectivity index is 2.29. The van der Waals surface area contributed by atoms with Gasteiger partial charge in [0.2, 0.25) is 0 Å². The minimum atomic E-state index is 0.0861. The zero-order chi connectivity index (χ0) is 14.5. The van der Waals surface area contributed by atoms with Crippen molar-refractivity contribution in [2.75, 3.05) is 18.0 Å². The number of nitrogens with zero attached hydrogens (tertiary/aromatic N) is 1. The molecular weight excluding hydrogens is 248 g/mol. The van der Waals surface area contributed by atoms with Crippen LogP contribution in [0.4, 0.5) is 5.69 Å². The van der Waals surface area contributed by atoms with Gasteiger partial charge in [-0.1, -0.05) is 24.6 Å². The average molecular weight is 272 g/mol. The standard InChI is InChI=1S/C17H24N2O/c1-4-15-10-11-17(20-15)16(12-18)19(5-2)14-8-6-13(3)7-9-14/h6-11,16H,4-5,12,18H2,1-3H3. The highest BCUT2D eigenvalue weighted by Gasteiger charge is 2.21. The normalized spacial score (nSPS) is 12.4. The van der Waals surface area contributed by atoms with Crippen LogP contribution >= 0.6 is 0 Å². The third-order valence-corrected chi connectivity index (χ3v) is 3.67. The molecule has 2 aromatic rings. The first-order valence-electron chi connectivity index (χ1n) is 7.31. The van der Waals surface area contributed by atoms with Crippen LogP contribution in [0.15, 0.2) is 40.8 Å². The topological polar surface area (TPSA) is 42.4 Å². The van der Waals surface area contributed by atoms with Gasteiger partial charge in [-0.05, 0) is 38.1 Å². The molecule has 1 unspecified atom stereocenters. The number of hydrogen-bond acceptors (Lipinski definition) is 3. The smallest absolute Gasteiger partial charge is 0.127 e. The van der Waals surface area contributed by atoms with Crippen molar-refractivity contribution in [3.05, 3.63) is 53.5 Å². The molecule has 1 atom stereocenters. The first-order chi connectivity index (χ1) is 9.69. The molecule has 0 fully saturated rings. The van der Waals surface area contributed by atoms with E-state index in [4.69, 9.17) is 10.2 Å². The van der Waals surface area contributed by atoms with E-state index in [-0.39, 0.29) is 6.04 Å². The lowest BCUT2D eigenvalue weighted by Gasteiger charge is -2.30. The highest BCUT2D eigenvalue weighted by Crippen LogP contribution is 2.28. The van der Waals surface area contributed by atoms with E-state index in [2.05, 4.69) is 49.9 Å². The number of aryl methyl sites for hydroxylation is 2. The van der Waals surface area contributed by atoms with Crippen LogP contribution in [0.5, 0.6) is 0 Å². The second-order valence-electron chi connectivity index (χ2n) is 5.03. The lowest BCUT2D eigenvalue weighted by molar-refractivity contribution is 0.426. The summed E-state index contributed by atoms with van der Waals surface area (Å²) >= 11 is 0. The Labute approximate surface area is 121 Å². The number of hydrogen-bond donors (Lipinski definition) is 1. The Bertz CT molecular complexity index is 530. The molecule has 0 saturated carbocycles. The van der Waals surface area contributed by atoms with Crippen molar-refractivity contribution in [2.45, 2.75) is 33.2 Å². The zero-order valence-electron chi connectivity index (χ0n) is 12.6. The summed E-state index contributed by atoms with van der Waals surface area (Å²) in [5, 5.41) is 0. The van der Waals surface area contributed by atoms with Crippen molar-refractivity contribution in [1.82, 2.24) is 0 Å². The van der Waals surface area contributed by atoms with Gasteiger partial charge in [-0.25, -0.2) is 0 Å². The summed E-state index contributed by atoms with van der Waals surface area (Å²) in [6.45, 7) is 7.77. The lowest BCUT2D eigenvalue weighted by atomic mass is 10.1. The van der Waals surface area contributed by atoms with E-state index in [1.54, 1.807) is 0 Å². The van der Waals surface area contributed by atoms with Gasteiger partial charge < -0.3 is 15.1 Å². The minimum absolute atomic E-state index is 0.0861. The molecule has 0 bridgehead atoms. The van der Waals surface area contributed by atoms with Gasteiger partial charge in [0.05, 0.1) is 6.04 Å². The molecule has 0 aliphatic rings. The van der Waals surface area contributed by atoms with Crippen molar-refractivity contribution >= 4 is 5.69 Å². The maximum absolute atomic E-state index is 6.00. The van der Waals surface area contributed by atoms with Crippen molar-refractivity contribution in [3.63, 3.8) is 0 Å². The second kappa shape index (κ2) is 6.62. The molecule has 2 N–H and O–H groups in total.